The number of nitrogens with one attached hydrogen (secondary N) is 1. The second kappa shape index (κ2) is 8.41. The first-order valence-electron chi connectivity index (χ1n) is 8.15. The van der Waals surface area contributed by atoms with Crippen molar-refractivity contribution in [2.24, 2.45) is 0 Å². The van der Waals surface area contributed by atoms with Gasteiger partial charge in [-0.05, 0) is 25.5 Å². The molecule has 0 bridgehead atoms. The number of hydrogen-bond acceptors (Lipinski definition) is 4. The minimum atomic E-state index is -0.408. The maximum absolute atomic E-state index is 12.0. The maximum atomic E-state index is 12.0. The Hall–Kier alpha value is -2.24. The highest BCUT2D eigenvalue weighted by Gasteiger charge is 2.34. The van der Waals surface area contributed by atoms with Gasteiger partial charge in [-0.15, -0.1) is 0 Å². The summed E-state index contributed by atoms with van der Waals surface area (Å²) in [5.41, 5.74) is 1.19. The van der Waals surface area contributed by atoms with Gasteiger partial charge in [0.05, 0.1) is 12.6 Å². The molecule has 23 heavy (non-hydrogen) atoms. The Morgan fingerprint density at radius 2 is 1.96 bits per heavy atom. The van der Waals surface area contributed by atoms with Crippen molar-refractivity contribution < 1.29 is 14.3 Å². The molecular formula is C17H25N3O3. The van der Waals surface area contributed by atoms with Crippen molar-refractivity contribution in [2.45, 2.75) is 26.3 Å². The molecule has 1 aromatic carbocycles. The average Bonchev–Trinajstić information content (AvgIpc) is 2.52. The number of ether oxygens (including phenoxy) is 1. The second-order valence-electron chi connectivity index (χ2n) is 5.55. The number of nitrogens with zero attached hydrogens (tertiary/aromatic N) is 2. The number of likely N-dealkylation sites (tertiary alicyclic amines) is 1. The summed E-state index contributed by atoms with van der Waals surface area (Å²) in [6.45, 7) is 6.44. The van der Waals surface area contributed by atoms with E-state index in [0.29, 0.717) is 25.7 Å². The summed E-state index contributed by atoms with van der Waals surface area (Å²) in [5, 5.41) is 2.59. The van der Waals surface area contributed by atoms with Crippen molar-refractivity contribution in [2.75, 3.05) is 37.7 Å². The Balaban J connectivity index is 1.82. The minimum absolute atomic E-state index is 0.0782. The molecule has 2 rings (SSSR count). The predicted octanol–water partition coefficient (Wildman–Crippen LogP) is 1.86. The lowest BCUT2D eigenvalue weighted by Crippen LogP contribution is -2.63. The van der Waals surface area contributed by atoms with Crippen LogP contribution in [0.2, 0.25) is 0 Å². The highest BCUT2D eigenvalue weighted by molar-refractivity contribution is 5.81. The molecule has 2 amide bonds. The van der Waals surface area contributed by atoms with Crippen molar-refractivity contribution >= 4 is 17.7 Å². The van der Waals surface area contributed by atoms with Gasteiger partial charge in [0.1, 0.15) is 6.54 Å². The molecule has 1 saturated heterocycles. The summed E-state index contributed by atoms with van der Waals surface area (Å²) < 4.78 is 4.79. The third kappa shape index (κ3) is 4.61. The fraction of sp³-hybridized carbons (Fsp3) is 0.529. The zero-order chi connectivity index (χ0) is 16.7. The van der Waals surface area contributed by atoms with E-state index in [0.717, 1.165) is 13.0 Å². The third-order valence-corrected chi connectivity index (χ3v) is 3.83. The predicted molar refractivity (Wildman–Crippen MR) is 89.5 cm³/mol. The van der Waals surface area contributed by atoms with Gasteiger partial charge >= 0.3 is 12.0 Å². The average molecular weight is 319 g/mol. The number of anilines is 1. The Kier molecular flexibility index (Phi) is 6.26. The molecular weight excluding hydrogens is 294 g/mol. The van der Waals surface area contributed by atoms with Crippen LogP contribution < -0.4 is 10.2 Å². The Bertz CT molecular complexity index is 515. The van der Waals surface area contributed by atoms with E-state index in [9.17, 15) is 9.59 Å². The van der Waals surface area contributed by atoms with Crippen LogP contribution in [0.5, 0.6) is 0 Å². The molecule has 1 N–H and O–H groups in total. The molecule has 0 saturated carbocycles. The summed E-state index contributed by atoms with van der Waals surface area (Å²) in [6, 6.07) is 10.4. The van der Waals surface area contributed by atoms with Gasteiger partial charge in [-0.25, -0.2) is 4.79 Å². The fourth-order valence-corrected chi connectivity index (χ4v) is 2.67. The standard InChI is InChI=1S/C17H25N3O3/c1-3-10-20(14-8-6-5-7-9-14)15-12-19(13-15)17(22)18-11-16(21)23-4-2/h5-9,15H,3-4,10-13H2,1-2H3,(H,18,22). The van der Waals surface area contributed by atoms with Gasteiger partial charge in [0, 0.05) is 25.3 Å². The lowest BCUT2D eigenvalue weighted by atomic mass is 10.1. The molecule has 0 spiro atoms. The normalized spacial score (nSPS) is 14.1. The van der Waals surface area contributed by atoms with E-state index >= 15 is 0 Å². The van der Waals surface area contributed by atoms with Crippen LogP contribution in [-0.4, -0.2) is 55.7 Å². The number of hydrogen-bond donors (Lipinski definition) is 1. The molecule has 1 fully saturated rings. The van der Waals surface area contributed by atoms with Gasteiger partial charge in [-0.2, -0.15) is 0 Å². The minimum Gasteiger partial charge on any atom is -0.465 e. The van der Waals surface area contributed by atoms with Gasteiger partial charge in [0.15, 0.2) is 0 Å². The van der Waals surface area contributed by atoms with Gasteiger partial charge < -0.3 is 19.9 Å². The highest BCUT2D eigenvalue weighted by Crippen LogP contribution is 2.23. The molecule has 0 aromatic heterocycles. The van der Waals surface area contributed by atoms with Crippen LogP contribution in [0.3, 0.4) is 0 Å². The van der Waals surface area contributed by atoms with E-state index in [4.69, 9.17) is 4.74 Å². The molecule has 1 aliphatic heterocycles. The Morgan fingerprint density at radius 1 is 1.26 bits per heavy atom. The summed E-state index contributed by atoms with van der Waals surface area (Å²) in [4.78, 5) is 27.3. The van der Waals surface area contributed by atoms with Crippen LogP contribution in [0.25, 0.3) is 0 Å². The zero-order valence-electron chi connectivity index (χ0n) is 13.8. The second-order valence-corrected chi connectivity index (χ2v) is 5.55. The van der Waals surface area contributed by atoms with Crippen molar-refractivity contribution in [3.05, 3.63) is 30.3 Å². The molecule has 0 atom stereocenters. The summed E-state index contributed by atoms with van der Waals surface area (Å²) in [6.07, 6.45) is 1.06. The summed E-state index contributed by atoms with van der Waals surface area (Å²) in [5.74, 6) is -0.408. The molecule has 1 heterocycles. The number of urea groups is 1. The monoisotopic (exact) mass is 319 g/mol. The van der Waals surface area contributed by atoms with Gasteiger partial charge in [0.25, 0.3) is 0 Å². The van der Waals surface area contributed by atoms with Crippen molar-refractivity contribution in [3.63, 3.8) is 0 Å². The molecule has 6 nitrogen and oxygen atoms in total. The molecule has 0 radical (unpaired) electrons. The fourth-order valence-electron chi connectivity index (χ4n) is 2.67. The molecule has 0 aliphatic carbocycles. The van der Waals surface area contributed by atoms with E-state index in [-0.39, 0.29) is 12.6 Å². The smallest absolute Gasteiger partial charge is 0.325 e. The summed E-state index contributed by atoms with van der Waals surface area (Å²) in [7, 11) is 0. The lowest BCUT2D eigenvalue weighted by Gasteiger charge is -2.46. The first-order valence-corrected chi connectivity index (χ1v) is 8.15. The molecule has 6 heteroatoms. The van der Waals surface area contributed by atoms with Gasteiger partial charge in [-0.1, -0.05) is 25.1 Å². The third-order valence-electron chi connectivity index (χ3n) is 3.83. The SMILES string of the molecule is CCCN(c1ccccc1)C1CN(C(=O)NCC(=O)OCC)C1. The first kappa shape index (κ1) is 17.1. The zero-order valence-corrected chi connectivity index (χ0v) is 13.8. The van der Waals surface area contributed by atoms with Crippen molar-refractivity contribution in [1.29, 1.82) is 0 Å². The van der Waals surface area contributed by atoms with E-state index < -0.39 is 5.97 Å². The number of carbonyl (C=O) groups excluding carboxylic acids is 2. The number of para-hydroxylation sites is 1. The number of rotatable bonds is 7. The van der Waals surface area contributed by atoms with Gasteiger partial charge in [-0.3, -0.25) is 4.79 Å². The van der Waals surface area contributed by atoms with Crippen molar-refractivity contribution in [1.82, 2.24) is 10.2 Å². The van der Waals surface area contributed by atoms with Crippen LogP contribution >= 0.6 is 0 Å². The largest absolute Gasteiger partial charge is 0.465 e. The number of esters is 1. The van der Waals surface area contributed by atoms with E-state index in [1.54, 1.807) is 11.8 Å². The number of amides is 2. The van der Waals surface area contributed by atoms with Crippen LogP contribution in [0.4, 0.5) is 10.5 Å². The van der Waals surface area contributed by atoms with E-state index in [1.807, 2.05) is 18.2 Å². The van der Waals surface area contributed by atoms with E-state index in [2.05, 4.69) is 29.3 Å². The van der Waals surface area contributed by atoms with Crippen LogP contribution in [0.1, 0.15) is 20.3 Å². The van der Waals surface area contributed by atoms with Crippen LogP contribution in [0, 0.1) is 0 Å². The quantitative estimate of drug-likeness (QED) is 0.779. The topological polar surface area (TPSA) is 61.9 Å². The van der Waals surface area contributed by atoms with Crippen molar-refractivity contribution in [3.8, 4) is 0 Å². The van der Waals surface area contributed by atoms with Crippen LogP contribution in [0.15, 0.2) is 30.3 Å². The molecule has 1 aliphatic rings. The highest BCUT2D eigenvalue weighted by atomic mass is 16.5. The number of benzene rings is 1. The molecule has 126 valence electrons. The van der Waals surface area contributed by atoms with Crippen LogP contribution in [-0.2, 0) is 9.53 Å². The Morgan fingerprint density at radius 3 is 2.57 bits per heavy atom. The maximum Gasteiger partial charge on any atom is 0.325 e. The number of carbonyl (C=O) groups is 2. The first-order chi connectivity index (χ1) is 11.2. The molecule has 0 unspecified atom stereocenters. The van der Waals surface area contributed by atoms with Gasteiger partial charge in [0.2, 0.25) is 0 Å². The lowest BCUT2D eigenvalue weighted by molar-refractivity contribution is -0.141. The summed E-state index contributed by atoms with van der Waals surface area (Å²) >= 11 is 0. The Labute approximate surface area is 137 Å². The van der Waals surface area contributed by atoms with E-state index in [1.165, 1.54) is 5.69 Å². The molecule has 1 aromatic rings.